The van der Waals surface area contributed by atoms with Crippen LogP contribution in [0.1, 0.15) is 35.2 Å². The van der Waals surface area contributed by atoms with E-state index in [0.29, 0.717) is 28.4 Å². The predicted octanol–water partition coefficient (Wildman–Crippen LogP) is 5.71. The molecule has 2 heterocycles. The van der Waals surface area contributed by atoms with Crippen LogP contribution in [0.15, 0.2) is 83.8 Å². The molecular formula is C30H30N4O4. The van der Waals surface area contributed by atoms with E-state index in [2.05, 4.69) is 10.4 Å². The first-order chi connectivity index (χ1) is 18.5. The normalized spacial score (nSPS) is 13.2. The van der Waals surface area contributed by atoms with Crippen molar-refractivity contribution in [3.63, 3.8) is 0 Å². The third-order valence-corrected chi connectivity index (χ3v) is 6.53. The number of hydrogen-bond donors (Lipinski definition) is 1. The van der Waals surface area contributed by atoms with E-state index in [-0.39, 0.29) is 22.9 Å². The Hall–Kier alpha value is -4.59. The fourth-order valence-electron chi connectivity index (χ4n) is 4.43. The number of carbonyl (C=O) groups excluding carboxylic acids is 1. The van der Waals surface area contributed by atoms with E-state index in [4.69, 9.17) is 9.47 Å². The quantitative estimate of drug-likeness (QED) is 0.343. The number of carbonyl (C=O) groups is 1. The average Bonchev–Trinajstić information content (AvgIpc) is 2.96. The lowest BCUT2D eigenvalue weighted by atomic mass is 10.1. The monoisotopic (exact) mass is 510 g/mol. The van der Waals surface area contributed by atoms with Gasteiger partial charge in [-0.2, -0.15) is 9.78 Å². The van der Waals surface area contributed by atoms with Crippen LogP contribution in [0.5, 0.6) is 17.2 Å². The number of rotatable bonds is 7. The molecule has 0 unspecified atom stereocenters. The number of nitrogens with one attached hydrogen (secondary N) is 1. The summed E-state index contributed by atoms with van der Waals surface area (Å²) in [4.78, 5) is 28.7. The first kappa shape index (κ1) is 25.1. The first-order valence-corrected chi connectivity index (χ1v) is 12.7. The van der Waals surface area contributed by atoms with Crippen LogP contribution >= 0.6 is 0 Å². The van der Waals surface area contributed by atoms with Gasteiger partial charge in [0.2, 0.25) is 0 Å². The average molecular weight is 511 g/mol. The Morgan fingerprint density at radius 3 is 2.34 bits per heavy atom. The molecule has 8 heteroatoms. The predicted molar refractivity (Wildman–Crippen MR) is 147 cm³/mol. The van der Waals surface area contributed by atoms with E-state index in [9.17, 15) is 9.59 Å². The number of benzene rings is 3. The summed E-state index contributed by atoms with van der Waals surface area (Å²) < 4.78 is 12.6. The van der Waals surface area contributed by atoms with E-state index in [1.54, 1.807) is 43.5 Å². The summed E-state index contributed by atoms with van der Waals surface area (Å²) in [5, 5.41) is 7.58. The van der Waals surface area contributed by atoms with Crippen LogP contribution in [0.4, 0.5) is 11.4 Å². The highest BCUT2D eigenvalue weighted by atomic mass is 16.5. The van der Waals surface area contributed by atoms with Gasteiger partial charge in [0.1, 0.15) is 11.5 Å². The Balaban J connectivity index is 1.51. The number of ether oxygens (including phenoxy) is 2. The molecule has 1 fully saturated rings. The topological polar surface area (TPSA) is 85.7 Å². The van der Waals surface area contributed by atoms with Crippen LogP contribution in [0.2, 0.25) is 0 Å². The first-order valence-electron chi connectivity index (χ1n) is 12.7. The van der Waals surface area contributed by atoms with E-state index >= 15 is 0 Å². The van der Waals surface area contributed by atoms with Crippen LogP contribution in [0.25, 0.3) is 5.69 Å². The van der Waals surface area contributed by atoms with Crippen molar-refractivity contribution in [1.29, 1.82) is 0 Å². The molecule has 3 aromatic carbocycles. The smallest absolute Gasteiger partial charge is 0.299 e. The molecule has 1 saturated heterocycles. The van der Waals surface area contributed by atoms with Crippen molar-refractivity contribution in [2.75, 3.05) is 25.5 Å². The van der Waals surface area contributed by atoms with Crippen molar-refractivity contribution < 1.29 is 14.3 Å². The van der Waals surface area contributed by atoms with Crippen molar-refractivity contribution in [1.82, 2.24) is 14.7 Å². The van der Waals surface area contributed by atoms with Gasteiger partial charge in [0.25, 0.3) is 11.5 Å². The molecule has 1 aliphatic heterocycles. The number of likely N-dealkylation sites (tertiary alicyclic amines) is 1. The number of amides is 1. The lowest BCUT2D eigenvalue weighted by Gasteiger charge is -2.26. The van der Waals surface area contributed by atoms with Gasteiger partial charge in [-0.25, -0.2) is 0 Å². The summed E-state index contributed by atoms with van der Waals surface area (Å²) >= 11 is 0. The SMILES string of the molecule is COc1ccc(Oc2cnn(-c3ccc(C)cc3)c(=O)c2Nc2cccc(C(=O)N3CCCCC3)c2)cc1. The van der Waals surface area contributed by atoms with E-state index in [1.165, 1.54) is 10.9 Å². The highest BCUT2D eigenvalue weighted by Crippen LogP contribution is 2.30. The molecule has 0 atom stereocenters. The highest BCUT2D eigenvalue weighted by Gasteiger charge is 2.20. The van der Waals surface area contributed by atoms with Gasteiger partial charge in [-0.15, -0.1) is 0 Å². The molecule has 1 aliphatic rings. The Kier molecular flexibility index (Phi) is 7.40. The van der Waals surface area contributed by atoms with Crippen LogP contribution in [0.3, 0.4) is 0 Å². The van der Waals surface area contributed by atoms with Gasteiger partial charge >= 0.3 is 0 Å². The summed E-state index contributed by atoms with van der Waals surface area (Å²) in [7, 11) is 1.59. The Bertz CT molecular complexity index is 1470. The minimum Gasteiger partial charge on any atom is -0.497 e. The van der Waals surface area contributed by atoms with Crippen molar-refractivity contribution in [2.45, 2.75) is 26.2 Å². The largest absolute Gasteiger partial charge is 0.497 e. The molecule has 0 bridgehead atoms. The van der Waals surface area contributed by atoms with Gasteiger partial charge in [0, 0.05) is 24.3 Å². The van der Waals surface area contributed by atoms with E-state index in [1.807, 2.05) is 48.2 Å². The number of nitrogens with zero attached hydrogens (tertiary/aromatic N) is 3. The van der Waals surface area contributed by atoms with Crippen molar-refractivity contribution in [3.8, 4) is 22.9 Å². The third-order valence-electron chi connectivity index (χ3n) is 6.53. The number of piperidine rings is 1. The van der Waals surface area contributed by atoms with E-state index in [0.717, 1.165) is 37.9 Å². The summed E-state index contributed by atoms with van der Waals surface area (Å²) in [6, 6.07) is 21.8. The molecule has 0 aliphatic carbocycles. The maximum atomic E-state index is 13.7. The second kappa shape index (κ2) is 11.2. The Morgan fingerprint density at radius 1 is 0.921 bits per heavy atom. The molecule has 0 radical (unpaired) electrons. The standard InChI is InChI=1S/C30H30N4O4/c1-21-9-11-24(12-10-21)34-30(36)28(27(20-31-34)38-26-15-13-25(37-2)14-16-26)32-23-8-6-7-22(19-23)29(35)33-17-4-3-5-18-33/h6-16,19-20,32H,3-5,17-18H2,1-2H3. The molecule has 8 nitrogen and oxygen atoms in total. The van der Waals surface area contributed by atoms with Crippen molar-refractivity contribution >= 4 is 17.3 Å². The maximum absolute atomic E-state index is 13.7. The van der Waals surface area contributed by atoms with Crippen LogP contribution < -0.4 is 20.3 Å². The molecule has 0 saturated carbocycles. The molecule has 194 valence electrons. The summed E-state index contributed by atoms with van der Waals surface area (Å²) in [6.45, 7) is 3.51. The molecule has 4 aromatic rings. The number of methoxy groups -OCH3 is 1. The zero-order valence-corrected chi connectivity index (χ0v) is 21.5. The van der Waals surface area contributed by atoms with Crippen LogP contribution in [0, 0.1) is 6.92 Å². The maximum Gasteiger partial charge on any atom is 0.299 e. The lowest BCUT2D eigenvalue weighted by Crippen LogP contribution is -2.35. The number of aryl methyl sites for hydroxylation is 1. The van der Waals surface area contributed by atoms with Gasteiger partial charge in [-0.05, 0) is 80.8 Å². The van der Waals surface area contributed by atoms with Gasteiger partial charge < -0.3 is 19.7 Å². The molecule has 1 amide bonds. The molecule has 1 N–H and O–H groups in total. The van der Waals surface area contributed by atoms with Gasteiger partial charge in [0.05, 0.1) is 19.0 Å². The molecule has 38 heavy (non-hydrogen) atoms. The highest BCUT2D eigenvalue weighted by molar-refractivity contribution is 5.95. The van der Waals surface area contributed by atoms with Crippen LogP contribution in [-0.2, 0) is 0 Å². The number of hydrogen-bond acceptors (Lipinski definition) is 6. The second-order valence-corrected chi connectivity index (χ2v) is 9.27. The lowest BCUT2D eigenvalue weighted by molar-refractivity contribution is 0.0724. The zero-order valence-electron chi connectivity index (χ0n) is 21.5. The summed E-state index contributed by atoms with van der Waals surface area (Å²) in [6.07, 6.45) is 4.70. The summed E-state index contributed by atoms with van der Waals surface area (Å²) in [5.74, 6) is 1.47. The van der Waals surface area contributed by atoms with E-state index < -0.39 is 0 Å². The molecular weight excluding hydrogens is 480 g/mol. The minimum atomic E-state index is -0.382. The van der Waals surface area contributed by atoms with Crippen LogP contribution in [-0.4, -0.2) is 40.8 Å². The minimum absolute atomic E-state index is 0.00477. The molecule has 0 spiro atoms. The Morgan fingerprint density at radius 2 is 1.63 bits per heavy atom. The second-order valence-electron chi connectivity index (χ2n) is 9.27. The van der Waals surface area contributed by atoms with Crippen molar-refractivity contribution in [2.24, 2.45) is 0 Å². The summed E-state index contributed by atoms with van der Waals surface area (Å²) in [5.41, 5.74) is 2.71. The van der Waals surface area contributed by atoms with Gasteiger partial charge in [-0.3, -0.25) is 9.59 Å². The zero-order chi connectivity index (χ0) is 26.5. The van der Waals surface area contributed by atoms with Gasteiger partial charge in [-0.1, -0.05) is 23.8 Å². The van der Waals surface area contributed by atoms with Crippen molar-refractivity contribution in [3.05, 3.63) is 100 Å². The number of aromatic nitrogens is 2. The fourth-order valence-corrected chi connectivity index (χ4v) is 4.43. The molecule has 1 aromatic heterocycles. The Labute approximate surface area is 221 Å². The molecule has 5 rings (SSSR count). The number of anilines is 2. The fraction of sp³-hybridized carbons (Fsp3) is 0.233. The van der Waals surface area contributed by atoms with Gasteiger partial charge in [0.15, 0.2) is 11.4 Å². The third kappa shape index (κ3) is 5.54.